The minimum absolute atomic E-state index is 0.0506. The van der Waals surface area contributed by atoms with Crippen molar-refractivity contribution in [2.45, 2.75) is 32.3 Å². The highest BCUT2D eigenvalue weighted by atomic mass is 32.1. The van der Waals surface area contributed by atoms with Crippen LogP contribution in [0.2, 0.25) is 0 Å². The van der Waals surface area contributed by atoms with E-state index < -0.39 is 26.5 Å². The Kier molecular flexibility index (Phi) is 9.14. The van der Waals surface area contributed by atoms with Crippen molar-refractivity contribution in [3.63, 3.8) is 0 Å². The number of aliphatic carboxylic acids is 1. The zero-order chi connectivity index (χ0) is 24.7. The van der Waals surface area contributed by atoms with Crippen LogP contribution in [0.5, 0.6) is 0 Å². The maximum Gasteiger partial charge on any atom is 0.305 e. The molecule has 34 heavy (non-hydrogen) atoms. The van der Waals surface area contributed by atoms with Crippen molar-refractivity contribution in [2.75, 3.05) is 12.8 Å². The zero-order valence-corrected chi connectivity index (χ0v) is 20.6. The van der Waals surface area contributed by atoms with Gasteiger partial charge in [0.1, 0.15) is 12.4 Å². The minimum atomic E-state index is -2.64. The average molecular weight is 502 g/mol. The van der Waals surface area contributed by atoms with Crippen LogP contribution in [0.1, 0.15) is 37.4 Å². The van der Waals surface area contributed by atoms with Crippen molar-refractivity contribution >= 4 is 25.3 Å². The second kappa shape index (κ2) is 12.0. The number of halogens is 1. The number of aromatic nitrogens is 1. The lowest BCUT2D eigenvalue weighted by Gasteiger charge is -2.15. The number of thiophene rings is 1. The fraction of sp³-hybridized carbons (Fsp3) is 0.280. The molecular weight excluding hydrogens is 476 g/mol. The molecule has 0 radical (unpaired) electrons. The summed E-state index contributed by atoms with van der Waals surface area (Å²) in [5.41, 5.74) is 3.86. The average Bonchev–Trinajstić information content (AvgIpc) is 3.31. The van der Waals surface area contributed by atoms with Crippen LogP contribution in [0.4, 0.5) is 4.39 Å². The molecule has 0 fully saturated rings. The van der Waals surface area contributed by atoms with Crippen molar-refractivity contribution in [1.29, 1.82) is 0 Å². The van der Waals surface area contributed by atoms with Crippen LogP contribution < -0.4 is 0 Å². The molecule has 0 aliphatic carbocycles. The van der Waals surface area contributed by atoms with Crippen LogP contribution in [-0.4, -0.2) is 40.0 Å². The molecule has 3 rings (SSSR count). The van der Waals surface area contributed by atoms with Crippen LogP contribution in [0.15, 0.2) is 47.8 Å². The number of benzene rings is 1. The Hall–Kier alpha value is -2.82. The monoisotopic (exact) mass is 501 g/mol. The van der Waals surface area contributed by atoms with Crippen LogP contribution in [-0.2, 0) is 13.9 Å². The maximum absolute atomic E-state index is 13.6. The van der Waals surface area contributed by atoms with E-state index in [0.29, 0.717) is 5.56 Å². The van der Waals surface area contributed by atoms with E-state index in [4.69, 9.17) is 14.6 Å². The summed E-state index contributed by atoms with van der Waals surface area (Å²) in [6.07, 6.45) is -1.97. The van der Waals surface area contributed by atoms with Gasteiger partial charge in [-0.25, -0.2) is 4.39 Å². The van der Waals surface area contributed by atoms with Crippen LogP contribution in [0, 0.1) is 17.7 Å². The molecule has 0 aliphatic heterocycles. The topological polar surface area (TPSA) is 96.7 Å². The molecule has 2 aromatic heterocycles. The maximum atomic E-state index is 13.6. The molecule has 9 heteroatoms. The van der Waals surface area contributed by atoms with Gasteiger partial charge in [-0.2, -0.15) is 0 Å². The number of carboxylic acid groups (broad SMARTS) is 1. The third-order valence-electron chi connectivity index (χ3n) is 4.85. The largest absolute Gasteiger partial charge is 0.481 e. The Balaban J connectivity index is 1.92. The summed E-state index contributed by atoms with van der Waals surface area (Å²) in [6, 6.07) is 12.0. The van der Waals surface area contributed by atoms with Gasteiger partial charge in [-0.05, 0) is 41.1 Å². The van der Waals surface area contributed by atoms with Crippen molar-refractivity contribution < 1.29 is 28.5 Å². The molecule has 2 N–H and O–H groups in total. The first-order valence-corrected chi connectivity index (χ1v) is 13.0. The van der Waals surface area contributed by atoms with Crippen LogP contribution in [0.25, 0.3) is 21.7 Å². The summed E-state index contributed by atoms with van der Waals surface area (Å²) >= 11 is 1.57. The molecule has 1 aromatic carbocycles. The lowest BCUT2D eigenvalue weighted by Crippen LogP contribution is -2.15. The Morgan fingerprint density at radius 2 is 2.00 bits per heavy atom. The number of carboxylic acids is 1. The first-order chi connectivity index (χ1) is 16.2. The van der Waals surface area contributed by atoms with E-state index in [1.54, 1.807) is 23.5 Å². The summed E-state index contributed by atoms with van der Waals surface area (Å²) in [5, 5.41) is 20.3. The van der Waals surface area contributed by atoms with E-state index in [1.165, 1.54) is 12.1 Å². The molecule has 2 heterocycles. The third kappa shape index (κ3) is 7.09. The quantitative estimate of drug-likeness (QED) is 0.300. The molecule has 0 aliphatic rings. The normalized spacial score (nSPS) is 12.7. The third-order valence-corrected chi connectivity index (χ3v) is 7.02. The van der Waals surface area contributed by atoms with Crippen LogP contribution in [0.3, 0.4) is 0 Å². The van der Waals surface area contributed by atoms with E-state index in [1.807, 2.05) is 37.4 Å². The van der Waals surface area contributed by atoms with E-state index in [0.717, 1.165) is 27.4 Å². The predicted molar refractivity (Wildman–Crippen MR) is 132 cm³/mol. The summed E-state index contributed by atoms with van der Waals surface area (Å²) in [5.74, 6) is 4.49. The fourth-order valence-corrected chi connectivity index (χ4v) is 4.85. The van der Waals surface area contributed by atoms with E-state index in [2.05, 4.69) is 11.8 Å². The van der Waals surface area contributed by atoms with Gasteiger partial charge in [0.15, 0.2) is 8.03 Å². The lowest BCUT2D eigenvalue weighted by molar-refractivity contribution is -0.138. The summed E-state index contributed by atoms with van der Waals surface area (Å²) in [4.78, 5) is 16.5. The number of carbonyl (C=O) groups is 1. The van der Waals surface area contributed by atoms with Crippen molar-refractivity contribution in [3.8, 4) is 33.5 Å². The van der Waals surface area contributed by atoms with E-state index in [-0.39, 0.29) is 24.5 Å². The SMILES string of the molecule is CC(C)c1nc(-c2cccs2)cc(-c2ccc(F)cc2)c1C#CCO[PH](=O)CC(O)CC(=O)O. The second-order valence-corrected chi connectivity index (χ2v) is 10.3. The minimum Gasteiger partial charge on any atom is -0.481 e. The number of pyridine rings is 1. The summed E-state index contributed by atoms with van der Waals surface area (Å²) < 4.78 is 30.8. The first-order valence-electron chi connectivity index (χ1n) is 10.6. The number of aliphatic hydroxyl groups excluding tert-OH is 1. The Morgan fingerprint density at radius 3 is 2.62 bits per heavy atom. The highest BCUT2D eigenvalue weighted by Gasteiger charge is 2.17. The van der Waals surface area contributed by atoms with Gasteiger partial charge < -0.3 is 14.7 Å². The second-order valence-electron chi connectivity index (χ2n) is 7.87. The Labute approximate surface area is 202 Å². The summed E-state index contributed by atoms with van der Waals surface area (Å²) in [6.45, 7) is 3.88. The van der Waals surface area contributed by atoms with Gasteiger partial charge in [0.05, 0.1) is 34.4 Å². The number of aliphatic hydroxyl groups is 1. The van der Waals surface area contributed by atoms with Crippen molar-refractivity contribution in [3.05, 3.63) is 64.9 Å². The molecular formula is C25H25FNO5PS. The zero-order valence-electron chi connectivity index (χ0n) is 18.7. The highest BCUT2D eigenvalue weighted by molar-refractivity contribution is 7.39. The molecule has 6 nitrogen and oxygen atoms in total. The smallest absolute Gasteiger partial charge is 0.305 e. The molecule has 2 unspecified atom stereocenters. The van der Waals surface area contributed by atoms with Gasteiger partial charge >= 0.3 is 5.97 Å². The first kappa shape index (κ1) is 25.8. The number of nitrogens with zero attached hydrogens (tertiary/aromatic N) is 1. The van der Waals surface area contributed by atoms with E-state index >= 15 is 0 Å². The molecule has 3 aromatic rings. The molecule has 178 valence electrons. The van der Waals surface area contributed by atoms with Crippen molar-refractivity contribution in [2.24, 2.45) is 0 Å². The Bertz CT molecular complexity index is 1220. The number of rotatable bonds is 9. The molecule has 0 saturated carbocycles. The molecule has 0 amide bonds. The van der Waals surface area contributed by atoms with Gasteiger partial charge in [0, 0.05) is 11.7 Å². The Morgan fingerprint density at radius 1 is 1.26 bits per heavy atom. The molecule has 2 atom stereocenters. The van der Waals surface area contributed by atoms with Gasteiger partial charge in [0.2, 0.25) is 0 Å². The van der Waals surface area contributed by atoms with Gasteiger partial charge in [-0.15, -0.1) is 11.3 Å². The predicted octanol–water partition coefficient (Wildman–Crippen LogP) is 5.42. The van der Waals surface area contributed by atoms with Crippen molar-refractivity contribution in [1.82, 2.24) is 4.98 Å². The molecule has 0 spiro atoms. The van der Waals surface area contributed by atoms with Gasteiger partial charge in [0.25, 0.3) is 0 Å². The fourth-order valence-electron chi connectivity index (χ4n) is 3.29. The van der Waals surface area contributed by atoms with Gasteiger partial charge in [-0.1, -0.05) is 43.9 Å². The molecule has 0 saturated heterocycles. The highest BCUT2D eigenvalue weighted by Crippen LogP contribution is 2.34. The standard InChI is InChI=1S/C25H25FNO5PS/c1-16(2)25-20(5-3-11-32-33(31)15-19(28)13-24(29)30)21(17-7-9-18(26)10-8-17)14-22(27-25)23-6-4-12-34-23/h4,6-10,12,14,16,19,28,33H,11,13,15H2,1-2H3,(H,29,30). The van der Waals surface area contributed by atoms with Gasteiger partial charge in [-0.3, -0.25) is 14.3 Å². The van der Waals surface area contributed by atoms with E-state index in [9.17, 15) is 18.9 Å². The number of hydrogen-bond donors (Lipinski definition) is 2. The van der Waals surface area contributed by atoms with Crippen LogP contribution >= 0.6 is 19.4 Å². The lowest BCUT2D eigenvalue weighted by atomic mass is 9.93. The molecule has 0 bridgehead atoms. The number of hydrogen-bond acceptors (Lipinski definition) is 6. The summed E-state index contributed by atoms with van der Waals surface area (Å²) in [7, 11) is -2.64.